The molecule has 0 heterocycles. The quantitative estimate of drug-likeness (QED) is 0.750. The number of aromatic carboxylic acids is 1. The Balaban J connectivity index is 2.77. The average molecular weight is 298 g/mol. The summed E-state index contributed by atoms with van der Waals surface area (Å²) >= 11 is 0. The van der Waals surface area contributed by atoms with Crippen molar-refractivity contribution in [3.8, 4) is 6.07 Å². The molecule has 1 aromatic rings. The minimum Gasteiger partial charge on any atom is -0.478 e. The van der Waals surface area contributed by atoms with Gasteiger partial charge in [0.05, 0.1) is 33.7 Å². The Morgan fingerprint density at radius 2 is 2.15 bits per heavy atom. The second-order valence-electron chi connectivity index (χ2n) is 3.70. The highest BCUT2D eigenvalue weighted by atomic mass is 32.2. The monoisotopic (exact) mass is 298 g/mol. The lowest BCUT2D eigenvalue weighted by Crippen LogP contribution is -2.29. The maximum atomic E-state index is 13.5. The van der Waals surface area contributed by atoms with Crippen LogP contribution < -0.4 is 5.32 Å². The smallest absolute Gasteiger partial charge is 0.335 e. The van der Waals surface area contributed by atoms with Gasteiger partial charge in [0.25, 0.3) is 0 Å². The molecule has 1 rings (SSSR count). The van der Waals surface area contributed by atoms with Gasteiger partial charge in [0.15, 0.2) is 0 Å². The molecule has 106 valence electrons. The van der Waals surface area contributed by atoms with Crippen molar-refractivity contribution in [1.82, 2.24) is 5.32 Å². The van der Waals surface area contributed by atoms with Gasteiger partial charge in [0.1, 0.15) is 11.6 Å². The second-order valence-corrected chi connectivity index (χ2v) is 5.12. The number of rotatable bonds is 6. The van der Waals surface area contributed by atoms with Gasteiger partial charge in [-0.1, -0.05) is 0 Å². The third-order valence-electron chi connectivity index (χ3n) is 2.24. The molecule has 0 aliphatic heterocycles. The summed E-state index contributed by atoms with van der Waals surface area (Å²) in [6.45, 7) is 0.115. The van der Waals surface area contributed by atoms with Gasteiger partial charge < -0.3 is 10.4 Å². The summed E-state index contributed by atoms with van der Waals surface area (Å²) in [4.78, 5) is 21.8. The van der Waals surface area contributed by atoms with E-state index in [1.54, 1.807) is 0 Å². The fourth-order valence-electron chi connectivity index (χ4n) is 1.32. The van der Waals surface area contributed by atoms with Crippen LogP contribution in [-0.2, 0) is 15.6 Å². The summed E-state index contributed by atoms with van der Waals surface area (Å²) in [5, 5.41) is 19.4. The van der Waals surface area contributed by atoms with Crippen LogP contribution in [0.4, 0.5) is 4.39 Å². The molecule has 0 saturated heterocycles. The number of carbonyl (C=O) groups is 2. The van der Waals surface area contributed by atoms with Crippen molar-refractivity contribution in [2.45, 2.75) is 11.3 Å². The topological polar surface area (TPSA) is 107 Å². The normalized spacial score (nSPS) is 11.4. The van der Waals surface area contributed by atoms with Gasteiger partial charge in [-0.15, -0.1) is 0 Å². The van der Waals surface area contributed by atoms with Gasteiger partial charge in [-0.05, 0) is 18.2 Å². The Morgan fingerprint density at radius 3 is 2.75 bits per heavy atom. The fourth-order valence-corrected chi connectivity index (χ4v) is 2.36. The van der Waals surface area contributed by atoms with Gasteiger partial charge in [0, 0.05) is 6.54 Å². The minimum atomic E-state index is -1.99. The predicted octanol–water partition coefficient (Wildman–Crippen LogP) is 0.661. The van der Waals surface area contributed by atoms with Crippen molar-refractivity contribution in [1.29, 1.82) is 5.26 Å². The molecule has 1 atom stereocenters. The first-order valence-electron chi connectivity index (χ1n) is 5.50. The predicted molar refractivity (Wildman–Crippen MR) is 67.9 cm³/mol. The van der Waals surface area contributed by atoms with Crippen LogP contribution in [0, 0.1) is 17.1 Å². The van der Waals surface area contributed by atoms with Crippen molar-refractivity contribution in [3.63, 3.8) is 0 Å². The number of carbonyl (C=O) groups excluding carboxylic acids is 1. The van der Waals surface area contributed by atoms with Gasteiger partial charge in [-0.25, -0.2) is 9.18 Å². The van der Waals surface area contributed by atoms with E-state index >= 15 is 0 Å². The van der Waals surface area contributed by atoms with E-state index in [1.165, 1.54) is 0 Å². The number of nitrogens with zero attached hydrogens (tertiary/aromatic N) is 1. The lowest BCUT2D eigenvalue weighted by atomic mass is 10.2. The van der Waals surface area contributed by atoms with Crippen LogP contribution in [0.5, 0.6) is 0 Å². The first-order valence-corrected chi connectivity index (χ1v) is 6.82. The molecule has 0 bridgehead atoms. The third kappa shape index (κ3) is 4.44. The van der Waals surface area contributed by atoms with Crippen molar-refractivity contribution in [2.24, 2.45) is 0 Å². The maximum Gasteiger partial charge on any atom is 0.335 e. The Labute approximate surface area is 116 Å². The molecule has 2 N–H and O–H groups in total. The molecule has 0 fully saturated rings. The highest BCUT2D eigenvalue weighted by molar-refractivity contribution is 7.85. The SMILES string of the molecule is N#CCCNC(=O)CS(=O)c1cc(C(=O)O)ccc1F. The molecular weight excluding hydrogens is 287 g/mol. The molecular formula is C12H11FN2O4S. The van der Waals surface area contributed by atoms with E-state index in [0.29, 0.717) is 0 Å². The van der Waals surface area contributed by atoms with Crippen LogP contribution in [0.1, 0.15) is 16.8 Å². The van der Waals surface area contributed by atoms with Crippen LogP contribution in [0.25, 0.3) is 0 Å². The van der Waals surface area contributed by atoms with Crippen LogP contribution in [-0.4, -0.2) is 33.5 Å². The standard InChI is InChI=1S/C12H11FN2O4S/c13-9-3-2-8(12(17)18)6-10(9)20(19)7-11(16)15-5-1-4-14/h2-3,6H,1,5,7H2,(H,15,16)(H,17,18). The van der Waals surface area contributed by atoms with E-state index in [-0.39, 0.29) is 23.4 Å². The Hall–Kier alpha value is -2.27. The summed E-state index contributed by atoms with van der Waals surface area (Å²) < 4.78 is 25.3. The molecule has 8 heteroatoms. The lowest BCUT2D eigenvalue weighted by Gasteiger charge is -2.05. The Morgan fingerprint density at radius 1 is 1.45 bits per heavy atom. The summed E-state index contributed by atoms with van der Waals surface area (Å²) in [5.74, 6) is -3.20. The van der Waals surface area contributed by atoms with Gasteiger partial charge in [0.2, 0.25) is 5.91 Å². The molecule has 0 aliphatic carbocycles. The molecule has 0 aliphatic rings. The Bertz CT molecular complexity index is 598. The molecule has 0 radical (unpaired) electrons. The number of carboxylic acids is 1. The summed E-state index contributed by atoms with van der Waals surface area (Å²) in [6.07, 6.45) is 0.112. The molecule has 20 heavy (non-hydrogen) atoms. The number of hydrogen-bond donors (Lipinski definition) is 2. The van der Waals surface area contributed by atoms with E-state index in [4.69, 9.17) is 10.4 Å². The number of benzene rings is 1. The minimum absolute atomic E-state index is 0.112. The fraction of sp³-hybridized carbons (Fsp3) is 0.250. The molecule has 6 nitrogen and oxygen atoms in total. The van der Waals surface area contributed by atoms with Crippen molar-refractivity contribution < 1.29 is 23.3 Å². The largest absolute Gasteiger partial charge is 0.478 e. The zero-order valence-corrected chi connectivity index (χ0v) is 11.1. The zero-order valence-electron chi connectivity index (χ0n) is 10.3. The van der Waals surface area contributed by atoms with Crippen molar-refractivity contribution in [3.05, 3.63) is 29.6 Å². The van der Waals surface area contributed by atoms with Gasteiger partial charge in [-0.3, -0.25) is 9.00 Å². The molecule has 0 saturated carbocycles. The van der Waals surface area contributed by atoms with Crippen LogP contribution in [0.15, 0.2) is 23.1 Å². The van der Waals surface area contributed by atoms with Gasteiger partial charge >= 0.3 is 5.97 Å². The average Bonchev–Trinajstić information content (AvgIpc) is 2.39. The van der Waals surface area contributed by atoms with E-state index in [0.717, 1.165) is 18.2 Å². The second kappa shape index (κ2) is 7.35. The van der Waals surface area contributed by atoms with E-state index < -0.39 is 34.2 Å². The molecule has 0 aromatic heterocycles. The number of nitrogens with one attached hydrogen (secondary N) is 1. The van der Waals surface area contributed by atoms with Crippen LogP contribution >= 0.6 is 0 Å². The van der Waals surface area contributed by atoms with Gasteiger partial charge in [-0.2, -0.15) is 5.26 Å². The van der Waals surface area contributed by atoms with Crippen LogP contribution in [0.2, 0.25) is 0 Å². The highest BCUT2D eigenvalue weighted by Gasteiger charge is 2.16. The van der Waals surface area contributed by atoms with Crippen molar-refractivity contribution >= 4 is 22.7 Å². The molecule has 1 unspecified atom stereocenters. The maximum absolute atomic E-state index is 13.5. The number of hydrogen-bond acceptors (Lipinski definition) is 4. The molecule has 1 aromatic carbocycles. The summed E-state index contributed by atoms with van der Waals surface area (Å²) in [5.41, 5.74) is -0.209. The zero-order chi connectivity index (χ0) is 15.1. The first-order chi connectivity index (χ1) is 9.45. The highest BCUT2D eigenvalue weighted by Crippen LogP contribution is 2.15. The lowest BCUT2D eigenvalue weighted by molar-refractivity contribution is -0.118. The first kappa shape index (κ1) is 15.8. The van der Waals surface area contributed by atoms with E-state index in [1.807, 2.05) is 6.07 Å². The number of carboxylic acid groups (broad SMARTS) is 1. The van der Waals surface area contributed by atoms with Crippen LogP contribution in [0.3, 0.4) is 0 Å². The van der Waals surface area contributed by atoms with E-state index in [2.05, 4.69) is 5.32 Å². The number of halogens is 1. The molecule has 0 spiro atoms. The Kier molecular flexibility index (Phi) is 5.80. The summed E-state index contributed by atoms with van der Waals surface area (Å²) in [6, 6.07) is 4.70. The van der Waals surface area contributed by atoms with Crippen molar-refractivity contribution in [2.75, 3.05) is 12.3 Å². The van der Waals surface area contributed by atoms with E-state index in [9.17, 15) is 18.2 Å². The number of amides is 1. The molecule has 1 amide bonds. The summed E-state index contributed by atoms with van der Waals surface area (Å²) in [7, 11) is -1.99. The third-order valence-corrected chi connectivity index (χ3v) is 3.57. The number of nitriles is 1.